The Balaban J connectivity index is 2.35. The van der Waals surface area contributed by atoms with Gasteiger partial charge in [0.15, 0.2) is 0 Å². The molecule has 0 saturated carbocycles. The summed E-state index contributed by atoms with van der Waals surface area (Å²) in [4.78, 5) is 10.4. The first kappa shape index (κ1) is 7.50. The van der Waals surface area contributed by atoms with Gasteiger partial charge in [0.05, 0.1) is 0 Å². The Morgan fingerprint density at radius 3 is 2.80 bits per heavy atom. The van der Waals surface area contributed by atoms with E-state index in [9.17, 15) is 4.79 Å². The number of carbonyl (C=O) groups is 1. The van der Waals surface area contributed by atoms with Crippen molar-refractivity contribution in [3.05, 3.63) is 0 Å². The average Bonchev–Trinajstić information content (AvgIpc) is 2.34. The maximum Gasteiger partial charge on any atom is 0.320 e. The van der Waals surface area contributed by atoms with Crippen LogP contribution in [0.3, 0.4) is 0 Å². The molecule has 10 heavy (non-hydrogen) atoms. The van der Waals surface area contributed by atoms with Gasteiger partial charge in [0.2, 0.25) is 0 Å². The Labute approximate surface area is 59.6 Å². The predicted octanol–water partition coefficient (Wildman–Crippen LogP) is -0.979. The maximum absolute atomic E-state index is 10.4. The van der Waals surface area contributed by atoms with Crippen LogP contribution in [0.4, 0.5) is 0 Å². The summed E-state index contributed by atoms with van der Waals surface area (Å²) < 4.78 is 0. The third-order valence-corrected chi connectivity index (χ3v) is 1.84. The molecule has 0 aliphatic carbocycles. The standard InChI is InChI=1S/C6H12N2O2/c1-7-4-2-5(6(9)10)8-3-4/h4-5,7-8H,2-3H2,1H3,(H,9,10)/t4-,5+/m0/s1. The maximum atomic E-state index is 10.4. The SMILES string of the molecule is CN[C@@H]1CN[C@@H](C(=O)O)C1. The summed E-state index contributed by atoms with van der Waals surface area (Å²) in [5, 5.41) is 14.5. The third-order valence-electron chi connectivity index (χ3n) is 1.84. The quantitative estimate of drug-likeness (QED) is 0.466. The molecule has 0 aromatic carbocycles. The first-order valence-electron chi connectivity index (χ1n) is 3.37. The van der Waals surface area contributed by atoms with E-state index in [2.05, 4.69) is 10.6 Å². The van der Waals surface area contributed by atoms with Crippen LogP contribution >= 0.6 is 0 Å². The van der Waals surface area contributed by atoms with Gasteiger partial charge in [-0.1, -0.05) is 0 Å². The van der Waals surface area contributed by atoms with Gasteiger partial charge in [-0.3, -0.25) is 4.79 Å². The van der Waals surface area contributed by atoms with Crippen molar-refractivity contribution in [2.24, 2.45) is 0 Å². The summed E-state index contributed by atoms with van der Waals surface area (Å²) in [6, 6.07) is -0.0291. The fraction of sp³-hybridized carbons (Fsp3) is 0.833. The van der Waals surface area contributed by atoms with Gasteiger partial charge >= 0.3 is 5.97 Å². The van der Waals surface area contributed by atoms with Gasteiger partial charge in [-0.05, 0) is 13.5 Å². The molecule has 1 heterocycles. The van der Waals surface area contributed by atoms with E-state index in [0.29, 0.717) is 12.5 Å². The number of carboxylic acids is 1. The zero-order chi connectivity index (χ0) is 7.56. The minimum Gasteiger partial charge on any atom is -0.480 e. The number of hydrogen-bond acceptors (Lipinski definition) is 3. The van der Waals surface area contributed by atoms with Gasteiger partial charge in [-0.2, -0.15) is 0 Å². The fourth-order valence-electron chi connectivity index (χ4n) is 1.14. The van der Waals surface area contributed by atoms with Crippen LogP contribution in [0.15, 0.2) is 0 Å². The molecule has 1 fully saturated rings. The van der Waals surface area contributed by atoms with Crippen LogP contribution in [-0.4, -0.2) is 36.8 Å². The predicted molar refractivity (Wildman–Crippen MR) is 36.9 cm³/mol. The molecule has 0 aromatic heterocycles. The number of nitrogens with one attached hydrogen (secondary N) is 2. The van der Waals surface area contributed by atoms with Crippen LogP contribution in [0.1, 0.15) is 6.42 Å². The summed E-state index contributed by atoms with van der Waals surface area (Å²) in [5.41, 5.74) is 0. The highest BCUT2D eigenvalue weighted by Crippen LogP contribution is 2.05. The molecule has 3 N–H and O–H groups in total. The summed E-state index contributed by atoms with van der Waals surface area (Å²) in [6.45, 7) is 0.757. The molecule has 0 amide bonds. The largest absolute Gasteiger partial charge is 0.480 e. The van der Waals surface area contributed by atoms with E-state index in [0.717, 1.165) is 6.54 Å². The van der Waals surface area contributed by atoms with Crippen molar-refractivity contribution in [2.75, 3.05) is 13.6 Å². The van der Waals surface area contributed by atoms with Crippen molar-refractivity contribution in [3.8, 4) is 0 Å². The van der Waals surface area contributed by atoms with E-state index in [1.807, 2.05) is 7.05 Å². The van der Waals surface area contributed by atoms with Crippen LogP contribution in [0.2, 0.25) is 0 Å². The highest BCUT2D eigenvalue weighted by atomic mass is 16.4. The summed E-state index contributed by atoms with van der Waals surface area (Å²) in [6.07, 6.45) is 0.686. The van der Waals surface area contributed by atoms with Crippen molar-refractivity contribution >= 4 is 5.97 Å². The first-order valence-corrected chi connectivity index (χ1v) is 3.37. The van der Waals surface area contributed by atoms with Crippen molar-refractivity contribution in [2.45, 2.75) is 18.5 Å². The van der Waals surface area contributed by atoms with Crippen LogP contribution in [0.25, 0.3) is 0 Å². The Bertz CT molecular complexity index is 138. The lowest BCUT2D eigenvalue weighted by atomic mass is 10.2. The number of likely N-dealkylation sites (N-methyl/N-ethyl adjacent to an activating group) is 1. The zero-order valence-corrected chi connectivity index (χ0v) is 5.92. The lowest BCUT2D eigenvalue weighted by Crippen LogP contribution is -2.30. The minimum absolute atomic E-state index is 0.320. The number of carboxylic acid groups (broad SMARTS) is 1. The van der Waals surface area contributed by atoms with Crippen molar-refractivity contribution < 1.29 is 9.90 Å². The number of hydrogen-bond donors (Lipinski definition) is 3. The Morgan fingerprint density at radius 1 is 1.80 bits per heavy atom. The fourth-order valence-corrected chi connectivity index (χ4v) is 1.14. The molecule has 1 saturated heterocycles. The van der Waals surface area contributed by atoms with Gasteiger partial charge in [0.1, 0.15) is 6.04 Å². The van der Waals surface area contributed by atoms with Gasteiger partial charge in [-0.25, -0.2) is 0 Å². The first-order chi connectivity index (χ1) is 4.74. The third kappa shape index (κ3) is 1.46. The molecule has 4 nitrogen and oxygen atoms in total. The molecule has 4 heteroatoms. The van der Waals surface area contributed by atoms with E-state index < -0.39 is 5.97 Å². The molecule has 58 valence electrons. The van der Waals surface area contributed by atoms with E-state index in [4.69, 9.17) is 5.11 Å². The lowest BCUT2D eigenvalue weighted by molar-refractivity contribution is -0.139. The minimum atomic E-state index is -0.752. The van der Waals surface area contributed by atoms with E-state index in [-0.39, 0.29) is 6.04 Å². The Kier molecular flexibility index (Phi) is 2.24. The summed E-state index contributed by atoms with van der Waals surface area (Å²) in [5.74, 6) is -0.752. The second-order valence-electron chi connectivity index (χ2n) is 2.52. The molecule has 1 aliphatic rings. The normalized spacial score (nSPS) is 32.5. The molecular formula is C6H12N2O2. The van der Waals surface area contributed by atoms with E-state index in [1.165, 1.54) is 0 Å². The van der Waals surface area contributed by atoms with Crippen LogP contribution in [-0.2, 0) is 4.79 Å². The highest BCUT2D eigenvalue weighted by molar-refractivity contribution is 5.73. The van der Waals surface area contributed by atoms with Crippen molar-refractivity contribution in [1.29, 1.82) is 0 Å². The molecule has 0 bridgehead atoms. The second kappa shape index (κ2) is 2.98. The summed E-state index contributed by atoms with van der Waals surface area (Å²) >= 11 is 0. The topological polar surface area (TPSA) is 61.4 Å². The zero-order valence-electron chi connectivity index (χ0n) is 5.92. The molecular weight excluding hydrogens is 132 g/mol. The van der Waals surface area contributed by atoms with Gasteiger partial charge < -0.3 is 15.7 Å². The Hall–Kier alpha value is -0.610. The molecule has 0 aromatic rings. The van der Waals surface area contributed by atoms with Crippen molar-refractivity contribution in [1.82, 2.24) is 10.6 Å². The average molecular weight is 144 g/mol. The van der Waals surface area contributed by atoms with Crippen LogP contribution in [0.5, 0.6) is 0 Å². The van der Waals surface area contributed by atoms with Crippen LogP contribution < -0.4 is 10.6 Å². The highest BCUT2D eigenvalue weighted by Gasteiger charge is 2.27. The molecule has 1 rings (SSSR count). The second-order valence-corrected chi connectivity index (χ2v) is 2.52. The Morgan fingerprint density at radius 2 is 2.50 bits per heavy atom. The van der Waals surface area contributed by atoms with Gasteiger partial charge in [0.25, 0.3) is 0 Å². The number of aliphatic carboxylic acids is 1. The molecule has 1 aliphatic heterocycles. The summed E-state index contributed by atoms with van der Waals surface area (Å²) in [7, 11) is 1.84. The van der Waals surface area contributed by atoms with E-state index >= 15 is 0 Å². The molecule has 2 atom stereocenters. The monoisotopic (exact) mass is 144 g/mol. The van der Waals surface area contributed by atoms with Gasteiger partial charge in [0, 0.05) is 12.6 Å². The number of rotatable bonds is 2. The smallest absolute Gasteiger partial charge is 0.320 e. The molecule has 0 spiro atoms. The van der Waals surface area contributed by atoms with E-state index in [1.54, 1.807) is 0 Å². The van der Waals surface area contributed by atoms with Crippen LogP contribution in [0, 0.1) is 0 Å². The molecule has 0 radical (unpaired) electrons. The molecule has 0 unspecified atom stereocenters. The lowest BCUT2D eigenvalue weighted by Gasteiger charge is -2.04. The van der Waals surface area contributed by atoms with Crippen molar-refractivity contribution in [3.63, 3.8) is 0 Å². The van der Waals surface area contributed by atoms with Gasteiger partial charge in [-0.15, -0.1) is 0 Å².